The Morgan fingerprint density at radius 1 is 0.615 bits per heavy atom. The van der Waals surface area contributed by atoms with Gasteiger partial charge in [-0.15, -0.1) is 0 Å². The molecule has 3 rings (SSSR count). The van der Waals surface area contributed by atoms with E-state index in [0.717, 1.165) is 6.07 Å². The molecule has 0 fully saturated rings. The van der Waals surface area contributed by atoms with Gasteiger partial charge in [0.05, 0.1) is 0 Å². The molecule has 0 saturated heterocycles. The van der Waals surface area contributed by atoms with Gasteiger partial charge in [-0.3, -0.25) is 0 Å². The number of halogens is 9. The molecule has 0 heterocycles. The number of fused-ring (bicyclic) bond motifs is 3. The Kier molecular flexibility index (Phi) is 3.86. The van der Waals surface area contributed by atoms with Crippen LogP contribution in [0.15, 0.2) is 42.5 Å². The van der Waals surface area contributed by atoms with E-state index in [0.29, 0.717) is 28.8 Å². The molecule has 0 aromatic heterocycles. The van der Waals surface area contributed by atoms with Crippen LogP contribution in [0.4, 0.5) is 39.5 Å². The molecule has 0 nitrogen and oxygen atoms in total. The molecule has 9 heteroatoms. The average Bonchev–Trinajstić information content (AvgIpc) is 2.91. The van der Waals surface area contributed by atoms with Gasteiger partial charge in [0.25, 0.3) is 0 Å². The van der Waals surface area contributed by atoms with Gasteiger partial charge in [-0.2, -0.15) is 39.5 Å². The first-order valence-corrected chi connectivity index (χ1v) is 7.22. The van der Waals surface area contributed by atoms with E-state index in [9.17, 15) is 39.5 Å². The summed E-state index contributed by atoms with van der Waals surface area (Å²) in [5.74, 6) is -19.3. The third kappa shape index (κ3) is 2.39. The van der Waals surface area contributed by atoms with Gasteiger partial charge in [0.15, 0.2) is 0 Å². The quantitative estimate of drug-likeness (QED) is 0.473. The molecule has 0 unspecified atom stereocenters. The van der Waals surface area contributed by atoms with Crippen molar-refractivity contribution >= 4 is 0 Å². The van der Waals surface area contributed by atoms with Gasteiger partial charge in [0, 0.05) is 5.56 Å². The molecule has 1 aliphatic rings. The monoisotopic (exact) mass is 384 g/mol. The van der Waals surface area contributed by atoms with E-state index in [2.05, 4.69) is 0 Å². The smallest absolute Gasteiger partial charge is 0.194 e. The molecule has 140 valence electrons. The highest BCUT2D eigenvalue weighted by atomic mass is 19.4. The standard InChI is InChI=1S/C17H9F9/c18-14(19,15(20,21)16(22,23)17(24,25)26)11-5-6-13-10(8-11)7-9-3-1-2-4-12(9)13/h1-6,8H,7H2. The van der Waals surface area contributed by atoms with Crippen LogP contribution < -0.4 is 0 Å². The van der Waals surface area contributed by atoms with Crippen molar-refractivity contribution < 1.29 is 39.5 Å². The molecular formula is C17H9F9. The van der Waals surface area contributed by atoms with Gasteiger partial charge in [0.2, 0.25) is 0 Å². The number of benzene rings is 2. The van der Waals surface area contributed by atoms with E-state index in [1.807, 2.05) is 0 Å². The number of rotatable bonds is 3. The summed E-state index contributed by atoms with van der Waals surface area (Å²) < 4.78 is 118. The average molecular weight is 384 g/mol. The lowest BCUT2D eigenvalue weighted by Gasteiger charge is -2.34. The summed E-state index contributed by atoms with van der Waals surface area (Å²) in [4.78, 5) is 0. The van der Waals surface area contributed by atoms with Gasteiger partial charge in [-0.25, -0.2) is 0 Å². The van der Waals surface area contributed by atoms with Crippen molar-refractivity contribution in [3.8, 4) is 11.1 Å². The first-order valence-electron chi connectivity index (χ1n) is 7.22. The minimum absolute atomic E-state index is 0.0800. The summed E-state index contributed by atoms with van der Waals surface area (Å²) in [5.41, 5.74) is 0.346. The highest BCUT2D eigenvalue weighted by Crippen LogP contribution is 2.57. The van der Waals surface area contributed by atoms with E-state index in [1.54, 1.807) is 24.3 Å². The minimum Gasteiger partial charge on any atom is -0.194 e. The highest BCUT2D eigenvalue weighted by molar-refractivity contribution is 5.77. The van der Waals surface area contributed by atoms with Crippen LogP contribution in [0.25, 0.3) is 11.1 Å². The van der Waals surface area contributed by atoms with Gasteiger partial charge in [-0.1, -0.05) is 36.4 Å². The van der Waals surface area contributed by atoms with E-state index >= 15 is 0 Å². The molecule has 1 aliphatic carbocycles. The fourth-order valence-corrected chi connectivity index (χ4v) is 2.90. The van der Waals surface area contributed by atoms with Crippen LogP contribution in [-0.2, 0) is 12.3 Å². The first-order chi connectivity index (χ1) is 11.8. The fraction of sp³-hybridized carbons (Fsp3) is 0.294. The van der Waals surface area contributed by atoms with Crippen molar-refractivity contribution in [3.63, 3.8) is 0 Å². The Bertz CT molecular complexity index is 850. The van der Waals surface area contributed by atoms with E-state index in [-0.39, 0.29) is 12.0 Å². The summed E-state index contributed by atoms with van der Waals surface area (Å²) in [7, 11) is 0. The van der Waals surface area contributed by atoms with Crippen LogP contribution in [0, 0.1) is 0 Å². The van der Waals surface area contributed by atoms with Crippen LogP contribution in [0.2, 0.25) is 0 Å². The van der Waals surface area contributed by atoms with Crippen molar-refractivity contribution in [2.24, 2.45) is 0 Å². The highest BCUT2D eigenvalue weighted by Gasteiger charge is 2.82. The lowest BCUT2D eigenvalue weighted by atomic mass is 9.94. The van der Waals surface area contributed by atoms with Crippen LogP contribution >= 0.6 is 0 Å². The van der Waals surface area contributed by atoms with Gasteiger partial charge in [-0.05, 0) is 34.7 Å². The third-order valence-electron chi connectivity index (χ3n) is 4.30. The summed E-state index contributed by atoms with van der Waals surface area (Å²) in [6.07, 6.45) is -6.75. The first kappa shape index (κ1) is 18.6. The summed E-state index contributed by atoms with van der Waals surface area (Å²) in [5, 5.41) is 0. The lowest BCUT2D eigenvalue weighted by molar-refractivity contribution is -0.399. The fourth-order valence-electron chi connectivity index (χ4n) is 2.90. The topological polar surface area (TPSA) is 0 Å². The number of alkyl halides is 9. The second kappa shape index (κ2) is 5.40. The van der Waals surface area contributed by atoms with Gasteiger partial charge in [0.1, 0.15) is 0 Å². The Hall–Kier alpha value is -2.19. The van der Waals surface area contributed by atoms with E-state index in [1.165, 1.54) is 0 Å². The molecule has 2 aromatic rings. The molecular weight excluding hydrogens is 375 g/mol. The molecule has 0 N–H and O–H groups in total. The number of hydrogen-bond donors (Lipinski definition) is 0. The zero-order valence-electron chi connectivity index (χ0n) is 12.7. The van der Waals surface area contributed by atoms with Gasteiger partial charge < -0.3 is 0 Å². The molecule has 0 spiro atoms. The summed E-state index contributed by atoms with van der Waals surface area (Å²) >= 11 is 0. The second-order valence-electron chi connectivity index (χ2n) is 5.93. The predicted molar refractivity (Wildman–Crippen MR) is 74.5 cm³/mol. The molecule has 0 bridgehead atoms. The molecule has 0 atom stereocenters. The van der Waals surface area contributed by atoms with Crippen LogP contribution in [0.1, 0.15) is 16.7 Å². The van der Waals surface area contributed by atoms with Crippen LogP contribution in [-0.4, -0.2) is 18.0 Å². The van der Waals surface area contributed by atoms with Crippen molar-refractivity contribution in [1.82, 2.24) is 0 Å². The SMILES string of the molecule is FC(F)(F)C(F)(F)C(F)(F)C(F)(F)c1ccc2c(c1)Cc1ccccc1-2. The van der Waals surface area contributed by atoms with E-state index in [4.69, 9.17) is 0 Å². The molecule has 0 radical (unpaired) electrons. The summed E-state index contributed by atoms with van der Waals surface area (Å²) in [6.45, 7) is 0. The van der Waals surface area contributed by atoms with Crippen molar-refractivity contribution in [3.05, 3.63) is 59.2 Å². The third-order valence-corrected chi connectivity index (χ3v) is 4.30. The molecule has 26 heavy (non-hydrogen) atoms. The largest absolute Gasteiger partial charge is 0.460 e. The van der Waals surface area contributed by atoms with Crippen LogP contribution in [0.3, 0.4) is 0 Å². The van der Waals surface area contributed by atoms with Crippen LogP contribution in [0.5, 0.6) is 0 Å². The maximum atomic E-state index is 14.0. The zero-order valence-corrected chi connectivity index (χ0v) is 12.7. The van der Waals surface area contributed by atoms with Gasteiger partial charge >= 0.3 is 23.9 Å². The van der Waals surface area contributed by atoms with Crippen molar-refractivity contribution in [2.75, 3.05) is 0 Å². The Balaban J connectivity index is 2.05. The second-order valence-corrected chi connectivity index (χ2v) is 5.93. The minimum atomic E-state index is -6.90. The normalized spacial score (nSPS) is 15.0. The predicted octanol–water partition coefficient (Wildman–Crippen LogP) is 6.18. The molecule has 2 aromatic carbocycles. The van der Waals surface area contributed by atoms with Crippen molar-refractivity contribution in [1.29, 1.82) is 0 Å². The maximum Gasteiger partial charge on any atom is 0.460 e. The Morgan fingerprint density at radius 3 is 1.81 bits per heavy atom. The lowest BCUT2D eigenvalue weighted by Crippen LogP contribution is -2.59. The Labute approximate surface area is 141 Å². The molecule has 0 aliphatic heterocycles. The zero-order chi connectivity index (χ0) is 19.5. The van der Waals surface area contributed by atoms with Crippen molar-refractivity contribution in [2.45, 2.75) is 30.4 Å². The maximum absolute atomic E-state index is 14.0. The Morgan fingerprint density at radius 2 is 1.19 bits per heavy atom. The van der Waals surface area contributed by atoms with E-state index < -0.39 is 29.5 Å². The molecule has 0 amide bonds. The summed E-state index contributed by atoms with van der Waals surface area (Å²) in [6, 6.07) is 8.67. The molecule has 0 saturated carbocycles. The number of hydrogen-bond acceptors (Lipinski definition) is 0.